The number of halogens is 2. The van der Waals surface area contributed by atoms with Gasteiger partial charge in [0, 0.05) is 20.6 Å². The first-order valence-electron chi connectivity index (χ1n) is 14.8. The summed E-state index contributed by atoms with van der Waals surface area (Å²) < 4.78 is 9.88. The molecule has 0 N–H and O–H groups in total. The summed E-state index contributed by atoms with van der Waals surface area (Å²) in [7, 11) is 0. The number of ether oxygens (including phenoxy) is 1. The number of aromatic nitrogens is 1. The van der Waals surface area contributed by atoms with Crippen LogP contribution in [-0.2, 0) is 13.0 Å². The number of nitrogens with zero attached hydrogens (tertiary/aromatic N) is 2. The smallest absolute Gasteiger partial charge is 0.271 e. The molecule has 5 aromatic carbocycles. The average molecular weight is 690 g/mol. The summed E-state index contributed by atoms with van der Waals surface area (Å²) in [5.74, 6) is 0.721. The van der Waals surface area contributed by atoms with E-state index in [1.807, 2.05) is 77.4 Å². The lowest BCUT2D eigenvalue weighted by Gasteiger charge is -2.31. The summed E-state index contributed by atoms with van der Waals surface area (Å²) in [5.41, 5.74) is 7.26. The molecule has 0 radical (unpaired) electrons. The monoisotopic (exact) mass is 688 g/mol. The van der Waals surface area contributed by atoms with E-state index < -0.39 is 0 Å². The van der Waals surface area contributed by atoms with E-state index in [0.29, 0.717) is 21.0 Å². The van der Waals surface area contributed by atoms with Gasteiger partial charge in [-0.3, -0.25) is 9.36 Å². The Hall–Kier alpha value is -4.23. The second-order valence-electron chi connectivity index (χ2n) is 11.2. The Kier molecular flexibility index (Phi) is 7.29. The summed E-state index contributed by atoms with van der Waals surface area (Å²) in [4.78, 5) is 20.3. The van der Waals surface area contributed by atoms with E-state index in [1.165, 1.54) is 16.9 Å². The number of hydrogen-bond donors (Lipinski definition) is 0. The van der Waals surface area contributed by atoms with Gasteiger partial charge in [0.1, 0.15) is 12.4 Å². The third-order valence-corrected chi connectivity index (χ3v) is 10.4. The van der Waals surface area contributed by atoms with Crippen LogP contribution < -0.4 is 19.6 Å². The Morgan fingerprint density at radius 2 is 1.69 bits per heavy atom. The number of fused-ring (bicyclic) bond motifs is 4. The van der Waals surface area contributed by atoms with E-state index in [-0.39, 0.29) is 11.6 Å². The maximum Gasteiger partial charge on any atom is 0.271 e. The van der Waals surface area contributed by atoms with Gasteiger partial charge in [-0.2, -0.15) is 0 Å². The Bertz CT molecular complexity index is 2340. The average Bonchev–Trinajstić information content (AvgIpc) is 3.38. The molecule has 6 aromatic rings. The van der Waals surface area contributed by atoms with E-state index in [4.69, 9.17) is 21.3 Å². The van der Waals surface area contributed by atoms with Gasteiger partial charge < -0.3 is 4.74 Å². The third kappa shape index (κ3) is 5.07. The lowest BCUT2D eigenvalue weighted by Crippen LogP contribution is -2.38. The molecule has 0 bridgehead atoms. The van der Waals surface area contributed by atoms with Gasteiger partial charge in [0.2, 0.25) is 0 Å². The standard InChI is InChI=1S/C38H26BrClN2O2S/c39-26-17-13-23(14-18-26)22-44-33-20-16-24-7-1-3-9-27(24)31(33)21-34-37(43)42-36(29-11-5-6-12-32(29)40)30-19-15-25-8-2-4-10-28(25)35(30)41-38(42)45-34/h1-14,16-18,20-21,36H,15,19,22H2/b34-21-/t36-/m1/s1. The van der Waals surface area contributed by atoms with Gasteiger partial charge in [-0.15, -0.1) is 0 Å². The zero-order valence-corrected chi connectivity index (χ0v) is 27.2. The molecule has 1 aliphatic carbocycles. The van der Waals surface area contributed by atoms with Crippen LogP contribution in [-0.4, -0.2) is 4.57 Å². The molecule has 8 rings (SSSR count). The number of aryl methyl sites for hydroxylation is 1. The predicted molar refractivity (Wildman–Crippen MR) is 187 cm³/mol. The fraction of sp³-hybridized carbons (Fsp3) is 0.105. The molecule has 220 valence electrons. The van der Waals surface area contributed by atoms with Crippen LogP contribution in [0.25, 0.3) is 22.5 Å². The number of thiazole rings is 1. The maximum atomic E-state index is 14.5. The minimum atomic E-state index is -0.332. The van der Waals surface area contributed by atoms with Crippen molar-refractivity contribution >= 4 is 61.4 Å². The molecule has 45 heavy (non-hydrogen) atoms. The minimum Gasteiger partial charge on any atom is -0.488 e. The number of rotatable bonds is 5. The van der Waals surface area contributed by atoms with Crippen LogP contribution in [0.4, 0.5) is 0 Å². The Balaban J connectivity index is 1.33. The van der Waals surface area contributed by atoms with E-state index >= 15 is 0 Å². The molecule has 2 aliphatic rings. The first kappa shape index (κ1) is 28.3. The van der Waals surface area contributed by atoms with Crippen LogP contribution >= 0.6 is 38.9 Å². The molecule has 0 fully saturated rings. The first-order valence-corrected chi connectivity index (χ1v) is 16.8. The molecule has 7 heteroatoms. The van der Waals surface area contributed by atoms with E-state index in [0.717, 1.165) is 67.4 Å². The van der Waals surface area contributed by atoms with Gasteiger partial charge in [-0.1, -0.05) is 124 Å². The molecule has 0 saturated heterocycles. The summed E-state index contributed by atoms with van der Waals surface area (Å²) in [6, 6.07) is 36.3. The van der Waals surface area contributed by atoms with Gasteiger partial charge in [0.05, 0.1) is 16.3 Å². The van der Waals surface area contributed by atoms with Crippen molar-refractivity contribution in [3.8, 4) is 5.75 Å². The van der Waals surface area contributed by atoms with Gasteiger partial charge in [-0.05, 0) is 76.2 Å². The fourth-order valence-electron chi connectivity index (χ4n) is 6.42. The van der Waals surface area contributed by atoms with Crippen molar-refractivity contribution in [2.24, 2.45) is 4.99 Å². The number of benzene rings is 5. The van der Waals surface area contributed by atoms with Gasteiger partial charge in [0.25, 0.3) is 5.56 Å². The highest BCUT2D eigenvalue weighted by Crippen LogP contribution is 2.42. The lowest BCUT2D eigenvalue weighted by atomic mass is 9.83. The molecule has 1 aliphatic heterocycles. The van der Waals surface area contributed by atoms with Crippen molar-refractivity contribution < 1.29 is 4.74 Å². The van der Waals surface area contributed by atoms with Crippen LogP contribution in [0.15, 0.2) is 129 Å². The lowest BCUT2D eigenvalue weighted by molar-refractivity contribution is 0.306. The summed E-state index contributed by atoms with van der Waals surface area (Å²) >= 11 is 11.8. The first-order chi connectivity index (χ1) is 22.0. The maximum absolute atomic E-state index is 14.5. The zero-order chi connectivity index (χ0) is 30.5. The van der Waals surface area contributed by atoms with Gasteiger partial charge in [-0.25, -0.2) is 4.99 Å². The van der Waals surface area contributed by atoms with Crippen LogP contribution in [0.3, 0.4) is 0 Å². The quantitative estimate of drug-likeness (QED) is 0.182. The second-order valence-corrected chi connectivity index (χ2v) is 13.6. The largest absolute Gasteiger partial charge is 0.488 e. The highest BCUT2D eigenvalue weighted by molar-refractivity contribution is 9.10. The number of allylic oxidation sites excluding steroid dienone is 1. The molecule has 4 nitrogen and oxygen atoms in total. The van der Waals surface area contributed by atoms with Crippen molar-refractivity contribution in [2.45, 2.75) is 25.5 Å². The van der Waals surface area contributed by atoms with Crippen molar-refractivity contribution in [1.82, 2.24) is 4.57 Å². The summed E-state index contributed by atoms with van der Waals surface area (Å²) in [5, 5.41) is 2.74. The van der Waals surface area contributed by atoms with Gasteiger partial charge in [0.15, 0.2) is 4.80 Å². The molecule has 1 aromatic heterocycles. The van der Waals surface area contributed by atoms with E-state index in [9.17, 15) is 4.79 Å². The van der Waals surface area contributed by atoms with Crippen molar-refractivity contribution in [3.05, 3.63) is 172 Å². The minimum absolute atomic E-state index is 0.0825. The van der Waals surface area contributed by atoms with Crippen molar-refractivity contribution in [1.29, 1.82) is 0 Å². The molecule has 0 spiro atoms. The zero-order valence-electron chi connectivity index (χ0n) is 24.0. The Labute approximate surface area is 277 Å². The summed E-state index contributed by atoms with van der Waals surface area (Å²) in [6.07, 6.45) is 3.68. The van der Waals surface area contributed by atoms with Crippen LogP contribution in [0.2, 0.25) is 5.02 Å². The van der Waals surface area contributed by atoms with Crippen molar-refractivity contribution in [2.75, 3.05) is 0 Å². The van der Waals surface area contributed by atoms with Crippen LogP contribution in [0.1, 0.15) is 40.3 Å². The fourth-order valence-corrected chi connectivity index (χ4v) is 7.91. The Morgan fingerprint density at radius 1 is 0.911 bits per heavy atom. The molecular weight excluding hydrogens is 664 g/mol. The molecule has 1 atom stereocenters. The molecular formula is C38H26BrClN2O2S. The third-order valence-electron chi connectivity index (χ3n) is 8.59. The molecule has 2 heterocycles. The van der Waals surface area contributed by atoms with Crippen molar-refractivity contribution in [3.63, 3.8) is 0 Å². The second kappa shape index (κ2) is 11.6. The topological polar surface area (TPSA) is 43.6 Å². The van der Waals surface area contributed by atoms with E-state index in [2.05, 4.69) is 58.4 Å². The molecule has 0 saturated carbocycles. The normalized spacial score (nSPS) is 15.8. The molecule has 0 unspecified atom stereocenters. The van der Waals surface area contributed by atoms with Crippen LogP contribution in [0.5, 0.6) is 5.75 Å². The highest BCUT2D eigenvalue weighted by atomic mass is 79.9. The highest BCUT2D eigenvalue weighted by Gasteiger charge is 2.33. The SMILES string of the molecule is O=c1/c(=C/c2c(OCc3ccc(Br)cc3)ccc3ccccc23)sc2n1[C@H](c1ccccc1Cl)C1=C(N=2)c2ccccc2CC1. The summed E-state index contributed by atoms with van der Waals surface area (Å²) in [6.45, 7) is 0.409. The number of hydrogen-bond acceptors (Lipinski definition) is 4. The Morgan fingerprint density at radius 3 is 2.56 bits per heavy atom. The predicted octanol–water partition coefficient (Wildman–Crippen LogP) is 8.47. The van der Waals surface area contributed by atoms with E-state index in [1.54, 1.807) is 0 Å². The molecule has 0 amide bonds. The van der Waals surface area contributed by atoms with Crippen LogP contribution in [0, 0.1) is 0 Å². The van der Waals surface area contributed by atoms with Gasteiger partial charge >= 0.3 is 0 Å².